The van der Waals surface area contributed by atoms with E-state index in [0.717, 1.165) is 29.7 Å². The van der Waals surface area contributed by atoms with Gasteiger partial charge in [0.1, 0.15) is 0 Å². The molecule has 0 aliphatic carbocycles. The fraction of sp³-hybridized carbons (Fsp3) is 0.300. The Bertz CT molecular complexity index is 433. The quantitative estimate of drug-likeness (QED) is 0.661. The molecule has 0 bridgehead atoms. The third kappa shape index (κ3) is 1.86. The van der Waals surface area contributed by atoms with E-state index in [2.05, 4.69) is 15.4 Å². The first kappa shape index (κ1) is 9.87. The largest absolute Gasteiger partial charge is 0.291 e. The first-order chi connectivity index (χ1) is 7.33. The van der Waals surface area contributed by atoms with Crippen LogP contribution in [0.25, 0.3) is 0 Å². The molecular weight excluding hydrogens is 248 g/mol. The maximum atomic E-state index is 5.98. The fourth-order valence-electron chi connectivity index (χ4n) is 1.59. The van der Waals surface area contributed by atoms with Gasteiger partial charge in [0.05, 0.1) is 0 Å². The van der Waals surface area contributed by atoms with Crippen molar-refractivity contribution in [3.05, 3.63) is 23.2 Å². The SMILES string of the molecule is Clc1ccc2c(c1)SC1=NCCCN1S2. The molecule has 0 atom stereocenters. The Morgan fingerprint density at radius 2 is 2.27 bits per heavy atom. The van der Waals surface area contributed by atoms with Gasteiger partial charge in [-0.15, -0.1) is 0 Å². The molecule has 15 heavy (non-hydrogen) atoms. The molecule has 0 unspecified atom stereocenters. The standard InChI is InChI=1S/C10H9ClN2S2/c11-7-2-3-8-9(6-7)14-10-12-4-1-5-13(10)15-8/h2-3,6H,1,4-5H2. The van der Waals surface area contributed by atoms with E-state index in [1.54, 1.807) is 23.7 Å². The lowest BCUT2D eigenvalue weighted by molar-refractivity contribution is 0.603. The summed E-state index contributed by atoms with van der Waals surface area (Å²) in [4.78, 5) is 7.03. The number of aliphatic imine (C=N–C) groups is 1. The Hall–Kier alpha value is -0.320. The minimum Gasteiger partial charge on any atom is -0.291 e. The Morgan fingerprint density at radius 1 is 1.33 bits per heavy atom. The van der Waals surface area contributed by atoms with Gasteiger partial charge >= 0.3 is 0 Å². The van der Waals surface area contributed by atoms with Crippen molar-refractivity contribution in [3.8, 4) is 0 Å². The van der Waals surface area contributed by atoms with Crippen LogP contribution in [0, 0.1) is 0 Å². The van der Waals surface area contributed by atoms with E-state index in [4.69, 9.17) is 11.6 Å². The molecule has 2 heterocycles. The third-order valence-electron chi connectivity index (χ3n) is 2.30. The molecule has 0 amide bonds. The van der Waals surface area contributed by atoms with Crippen molar-refractivity contribution in [2.24, 2.45) is 4.99 Å². The van der Waals surface area contributed by atoms with Crippen LogP contribution in [0.3, 0.4) is 0 Å². The zero-order chi connectivity index (χ0) is 10.3. The van der Waals surface area contributed by atoms with Gasteiger partial charge in [-0.25, -0.2) is 0 Å². The first-order valence-corrected chi connectivity index (χ1v) is 6.77. The van der Waals surface area contributed by atoms with Crippen LogP contribution in [-0.4, -0.2) is 22.6 Å². The van der Waals surface area contributed by atoms with E-state index in [1.165, 1.54) is 9.79 Å². The van der Waals surface area contributed by atoms with Gasteiger partial charge in [-0.1, -0.05) is 23.4 Å². The van der Waals surface area contributed by atoms with E-state index in [9.17, 15) is 0 Å². The van der Waals surface area contributed by atoms with Gasteiger partial charge in [-0.05, 0) is 36.6 Å². The molecule has 0 saturated carbocycles. The van der Waals surface area contributed by atoms with Crippen molar-refractivity contribution in [3.63, 3.8) is 0 Å². The Morgan fingerprint density at radius 3 is 3.20 bits per heavy atom. The summed E-state index contributed by atoms with van der Waals surface area (Å²) >= 11 is 9.47. The highest BCUT2D eigenvalue weighted by molar-refractivity contribution is 8.16. The average molecular weight is 257 g/mol. The van der Waals surface area contributed by atoms with Crippen molar-refractivity contribution in [2.45, 2.75) is 16.2 Å². The number of fused-ring (bicyclic) bond motifs is 2. The predicted molar refractivity (Wildman–Crippen MR) is 66.8 cm³/mol. The van der Waals surface area contributed by atoms with Crippen molar-refractivity contribution in [1.29, 1.82) is 0 Å². The topological polar surface area (TPSA) is 15.6 Å². The number of benzene rings is 1. The molecule has 0 saturated heterocycles. The maximum Gasteiger partial charge on any atom is 0.174 e. The molecule has 0 radical (unpaired) electrons. The van der Waals surface area contributed by atoms with Crippen LogP contribution in [0.4, 0.5) is 0 Å². The van der Waals surface area contributed by atoms with Crippen LogP contribution < -0.4 is 0 Å². The van der Waals surface area contributed by atoms with Gasteiger partial charge in [0, 0.05) is 27.9 Å². The van der Waals surface area contributed by atoms with Crippen molar-refractivity contribution < 1.29 is 0 Å². The number of halogens is 1. The molecule has 0 fully saturated rings. The molecule has 5 heteroatoms. The van der Waals surface area contributed by atoms with Gasteiger partial charge < -0.3 is 0 Å². The van der Waals surface area contributed by atoms with Gasteiger partial charge in [-0.3, -0.25) is 9.30 Å². The van der Waals surface area contributed by atoms with Crippen molar-refractivity contribution in [1.82, 2.24) is 4.31 Å². The maximum absolute atomic E-state index is 5.98. The molecule has 1 aromatic carbocycles. The fourth-order valence-corrected chi connectivity index (χ4v) is 4.05. The molecule has 2 nitrogen and oxygen atoms in total. The van der Waals surface area contributed by atoms with Crippen LogP contribution in [0.1, 0.15) is 6.42 Å². The van der Waals surface area contributed by atoms with E-state index >= 15 is 0 Å². The first-order valence-electron chi connectivity index (χ1n) is 4.80. The average Bonchev–Trinajstić information content (AvgIpc) is 2.26. The Labute approximate surface area is 102 Å². The number of amidine groups is 1. The van der Waals surface area contributed by atoms with Crippen LogP contribution in [0.5, 0.6) is 0 Å². The predicted octanol–water partition coefficient (Wildman–Crippen LogP) is 3.51. The van der Waals surface area contributed by atoms with Gasteiger partial charge in [0.15, 0.2) is 5.17 Å². The van der Waals surface area contributed by atoms with E-state index in [0.29, 0.717) is 0 Å². The second-order valence-electron chi connectivity index (χ2n) is 3.40. The summed E-state index contributed by atoms with van der Waals surface area (Å²) in [6.07, 6.45) is 1.15. The summed E-state index contributed by atoms with van der Waals surface area (Å²) in [5.74, 6) is 0. The Kier molecular flexibility index (Phi) is 2.58. The summed E-state index contributed by atoms with van der Waals surface area (Å²) in [6, 6.07) is 6.05. The van der Waals surface area contributed by atoms with E-state index < -0.39 is 0 Å². The highest BCUT2D eigenvalue weighted by Crippen LogP contribution is 2.43. The van der Waals surface area contributed by atoms with E-state index in [-0.39, 0.29) is 0 Å². The minimum absolute atomic E-state index is 0.798. The summed E-state index contributed by atoms with van der Waals surface area (Å²) in [5.41, 5.74) is 0. The van der Waals surface area contributed by atoms with Gasteiger partial charge in [-0.2, -0.15) is 0 Å². The summed E-state index contributed by atoms with van der Waals surface area (Å²) in [6.45, 7) is 2.05. The number of hydrogen-bond donors (Lipinski definition) is 0. The molecule has 1 aromatic rings. The smallest absolute Gasteiger partial charge is 0.174 e. The van der Waals surface area contributed by atoms with Gasteiger partial charge in [0.25, 0.3) is 0 Å². The monoisotopic (exact) mass is 256 g/mol. The van der Waals surface area contributed by atoms with Crippen molar-refractivity contribution in [2.75, 3.05) is 13.1 Å². The summed E-state index contributed by atoms with van der Waals surface area (Å²) < 4.78 is 2.27. The third-order valence-corrected chi connectivity index (χ3v) is 4.99. The second kappa shape index (κ2) is 3.92. The lowest BCUT2D eigenvalue weighted by Gasteiger charge is -2.31. The number of thioether (sulfide) groups is 1. The molecule has 0 spiro atoms. The van der Waals surface area contributed by atoms with Crippen LogP contribution >= 0.6 is 35.3 Å². The molecule has 3 rings (SSSR count). The highest BCUT2D eigenvalue weighted by atomic mass is 35.5. The normalized spacial score (nSPS) is 19.3. The van der Waals surface area contributed by atoms with Crippen LogP contribution in [0.15, 0.2) is 33.0 Å². The van der Waals surface area contributed by atoms with Gasteiger partial charge in [0.2, 0.25) is 0 Å². The molecule has 2 aliphatic rings. The number of nitrogens with zero attached hydrogens (tertiary/aromatic N) is 2. The minimum atomic E-state index is 0.798. The lowest BCUT2D eigenvalue weighted by Crippen LogP contribution is -2.29. The van der Waals surface area contributed by atoms with Crippen molar-refractivity contribution >= 4 is 40.5 Å². The molecule has 0 N–H and O–H groups in total. The zero-order valence-electron chi connectivity index (χ0n) is 7.94. The lowest BCUT2D eigenvalue weighted by atomic mass is 10.4. The molecule has 78 valence electrons. The summed E-state index contributed by atoms with van der Waals surface area (Å²) in [7, 11) is 0. The summed E-state index contributed by atoms with van der Waals surface area (Å²) in [5, 5.41) is 1.92. The second-order valence-corrected chi connectivity index (χ2v) is 5.91. The zero-order valence-corrected chi connectivity index (χ0v) is 10.3. The van der Waals surface area contributed by atoms with Crippen LogP contribution in [-0.2, 0) is 0 Å². The number of hydrogen-bond acceptors (Lipinski definition) is 4. The number of rotatable bonds is 0. The highest BCUT2D eigenvalue weighted by Gasteiger charge is 2.25. The van der Waals surface area contributed by atoms with Crippen LogP contribution in [0.2, 0.25) is 5.02 Å². The molecular formula is C10H9ClN2S2. The molecule has 0 aromatic heterocycles. The van der Waals surface area contributed by atoms with E-state index in [1.807, 2.05) is 12.1 Å². The Balaban J connectivity index is 2.00. The molecule has 2 aliphatic heterocycles.